The second kappa shape index (κ2) is 13.7. The largest absolute Gasteiger partial charge is 0.419 e. The van der Waals surface area contributed by atoms with Gasteiger partial charge in [-0.2, -0.15) is 26.3 Å². The Morgan fingerprint density at radius 3 is 1.71 bits per heavy atom. The summed E-state index contributed by atoms with van der Waals surface area (Å²) in [7, 11) is 0. The number of hydrogen-bond donors (Lipinski definition) is 2. The van der Waals surface area contributed by atoms with E-state index in [1.807, 2.05) is 0 Å². The molecule has 0 amide bonds. The molecular weight excluding hydrogens is 524 g/mol. The van der Waals surface area contributed by atoms with E-state index in [1.165, 1.54) is 18.2 Å². The van der Waals surface area contributed by atoms with Crippen molar-refractivity contribution in [3.8, 4) is 0 Å². The van der Waals surface area contributed by atoms with Crippen LogP contribution in [-0.2, 0) is 35.0 Å². The topological polar surface area (TPSA) is 42.5 Å². The maximum Gasteiger partial charge on any atom is 0.419 e. The third kappa shape index (κ3) is 9.18. The van der Waals surface area contributed by atoms with Gasteiger partial charge in [0.25, 0.3) is 0 Å². The van der Waals surface area contributed by atoms with Gasteiger partial charge in [0.05, 0.1) is 36.5 Å². The normalized spacial score (nSPS) is 17.7. The van der Waals surface area contributed by atoms with Gasteiger partial charge in [-0.1, -0.05) is 18.2 Å². The summed E-state index contributed by atoms with van der Waals surface area (Å²) in [6, 6.07) is 6.18. The van der Waals surface area contributed by atoms with Gasteiger partial charge in [0, 0.05) is 5.56 Å². The van der Waals surface area contributed by atoms with Crippen LogP contribution in [0.25, 0.3) is 0 Å². The van der Waals surface area contributed by atoms with Crippen LogP contribution in [0.4, 0.5) is 35.1 Å². The second-order valence-electron chi connectivity index (χ2n) is 9.11. The molecule has 0 unspecified atom stereocenters. The van der Waals surface area contributed by atoms with Gasteiger partial charge >= 0.3 is 12.4 Å². The molecule has 2 aromatic carbocycles. The summed E-state index contributed by atoms with van der Waals surface area (Å²) in [6.07, 6.45) is -5.94. The van der Waals surface area contributed by atoms with Gasteiger partial charge in [0.2, 0.25) is 0 Å². The Labute approximate surface area is 215 Å². The molecule has 2 aliphatic heterocycles. The molecule has 2 N–H and O–H groups in total. The molecule has 0 aliphatic carbocycles. The highest BCUT2D eigenvalue weighted by atomic mass is 19.4. The fourth-order valence-electron chi connectivity index (χ4n) is 4.13. The highest BCUT2D eigenvalue weighted by Crippen LogP contribution is 2.33. The Morgan fingerprint density at radius 1 is 0.684 bits per heavy atom. The maximum atomic E-state index is 13.7. The van der Waals surface area contributed by atoms with Crippen molar-refractivity contribution in [3.63, 3.8) is 0 Å². The molecule has 0 saturated carbocycles. The molecule has 0 spiro atoms. The number of hydrogen-bond acceptors (Lipinski definition) is 4. The van der Waals surface area contributed by atoms with Crippen molar-refractivity contribution in [1.29, 1.82) is 0 Å². The van der Waals surface area contributed by atoms with Gasteiger partial charge in [0.15, 0.2) is 0 Å². The Balaban J connectivity index is 0.000000211. The van der Waals surface area contributed by atoms with E-state index < -0.39 is 35.1 Å². The van der Waals surface area contributed by atoms with Crippen LogP contribution in [0.15, 0.2) is 36.4 Å². The van der Waals surface area contributed by atoms with E-state index in [4.69, 9.17) is 9.47 Å². The molecule has 0 aromatic heterocycles. The molecule has 0 atom stereocenters. The van der Waals surface area contributed by atoms with Gasteiger partial charge in [-0.3, -0.25) is 0 Å². The minimum absolute atomic E-state index is 0.0183. The third-order valence-electron chi connectivity index (χ3n) is 6.26. The van der Waals surface area contributed by atoms with Gasteiger partial charge in [-0.25, -0.2) is 8.78 Å². The minimum Gasteiger partial charge on any atom is -0.373 e. The van der Waals surface area contributed by atoms with E-state index >= 15 is 0 Å². The molecule has 2 heterocycles. The second-order valence-corrected chi connectivity index (χ2v) is 9.11. The maximum absolute atomic E-state index is 13.7. The van der Waals surface area contributed by atoms with E-state index in [2.05, 4.69) is 10.6 Å². The molecule has 2 aliphatic rings. The zero-order valence-electron chi connectivity index (χ0n) is 20.5. The minimum atomic E-state index is -4.67. The summed E-state index contributed by atoms with van der Waals surface area (Å²) in [5.74, 6) is -2.48. The van der Waals surface area contributed by atoms with Crippen LogP contribution in [-0.4, -0.2) is 38.4 Å². The van der Waals surface area contributed by atoms with Crippen LogP contribution in [0.2, 0.25) is 0 Å². The molecule has 212 valence electrons. The highest BCUT2D eigenvalue weighted by molar-refractivity contribution is 5.28. The SMILES string of the molecule is Fc1c(COC2CCNCC2)cccc1C(F)(F)F.Fc1cc(COC2CCNCC2)ccc1C(F)(F)F. The Morgan fingerprint density at radius 2 is 1.21 bits per heavy atom. The number of nitrogens with one attached hydrogen (secondary N) is 2. The summed E-state index contributed by atoms with van der Waals surface area (Å²) in [5.41, 5.74) is -2.10. The monoisotopic (exact) mass is 554 g/mol. The number of alkyl halides is 6. The fraction of sp³-hybridized carbons (Fsp3) is 0.538. The van der Waals surface area contributed by atoms with Gasteiger partial charge in [-0.05, 0) is 75.6 Å². The lowest BCUT2D eigenvalue weighted by Crippen LogP contribution is -2.32. The van der Waals surface area contributed by atoms with Crippen LogP contribution in [0.1, 0.15) is 47.9 Å². The average molecular weight is 555 g/mol. The molecule has 2 saturated heterocycles. The van der Waals surface area contributed by atoms with E-state index in [1.54, 1.807) is 0 Å². The number of piperidine rings is 2. The standard InChI is InChI=1S/2C13H15F4NO/c14-12-7-9(1-2-11(12)13(15,16)17)8-19-10-3-5-18-6-4-10;14-12-9(2-1-3-11(12)13(15,16)17)8-19-10-4-6-18-7-5-10/h1-2,7,10,18H,3-6,8H2;1-3,10,18H,4-8H2. The van der Waals surface area contributed by atoms with Gasteiger partial charge < -0.3 is 20.1 Å². The summed E-state index contributed by atoms with van der Waals surface area (Å²) in [6.45, 7) is 3.38. The van der Waals surface area contributed by atoms with Crippen molar-refractivity contribution in [2.75, 3.05) is 26.2 Å². The molecular formula is C26H30F8N2O2. The molecule has 2 fully saturated rings. The van der Waals surface area contributed by atoms with Crippen molar-refractivity contribution in [3.05, 3.63) is 70.3 Å². The number of benzene rings is 2. The first-order valence-electron chi connectivity index (χ1n) is 12.3. The van der Waals surface area contributed by atoms with Crippen molar-refractivity contribution < 1.29 is 44.6 Å². The van der Waals surface area contributed by atoms with Crippen LogP contribution < -0.4 is 10.6 Å². The predicted octanol–water partition coefficient (Wildman–Crippen LogP) is 6.23. The molecule has 4 nitrogen and oxygen atoms in total. The molecule has 0 bridgehead atoms. The first kappa shape index (κ1) is 30.3. The number of rotatable bonds is 6. The fourth-order valence-corrected chi connectivity index (χ4v) is 4.13. The molecule has 0 radical (unpaired) electrons. The van der Waals surface area contributed by atoms with Gasteiger partial charge in [-0.15, -0.1) is 0 Å². The zero-order chi connectivity index (χ0) is 27.8. The number of halogens is 8. The molecule has 38 heavy (non-hydrogen) atoms. The van der Waals surface area contributed by atoms with E-state index in [-0.39, 0.29) is 31.0 Å². The van der Waals surface area contributed by atoms with E-state index in [0.29, 0.717) is 5.56 Å². The van der Waals surface area contributed by atoms with E-state index in [0.717, 1.165) is 70.1 Å². The quantitative estimate of drug-likeness (QED) is 0.416. The van der Waals surface area contributed by atoms with Gasteiger partial charge in [0.1, 0.15) is 11.6 Å². The van der Waals surface area contributed by atoms with Crippen molar-refractivity contribution in [1.82, 2.24) is 10.6 Å². The summed E-state index contributed by atoms with van der Waals surface area (Å²) < 4.78 is 113. The summed E-state index contributed by atoms with van der Waals surface area (Å²) in [4.78, 5) is 0. The molecule has 12 heteroatoms. The van der Waals surface area contributed by atoms with Crippen molar-refractivity contribution in [2.45, 2.75) is 63.5 Å². The summed E-state index contributed by atoms with van der Waals surface area (Å²) in [5, 5.41) is 6.33. The number of ether oxygens (including phenoxy) is 2. The summed E-state index contributed by atoms with van der Waals surface area (Å²) >= 11 is 0. The van der Waals surface area contributed by atoms with Crippen molar-refractivity contribution >= 4 is 0 Å². The van der Waals surface area contributed by atoms with Crippen LogP contribution in [0.5, 0.6) is 0 Å². The predicted molar refractivity (Wildman–Crippen MR) is 124 cm³/mol. The first-order valence-corrected chi connectivity index (χ1v) is 12.3. The third-order valence-corrected chi connectivity index (χ3v) is 6.26. The zero-order valence-corrected chi connectivity index (χ0v) is 20.5. The lowest BCUT2D eigenvalue weighted by Gasteiger charge is -2.23. The highest BCUT2D eigenvalue weighted by Gasteiger charge is 2.35. The van der Waals surface area contributed by atoms with Crippen molar-refractivity contribution in [2.24, 2.45) is 0 Å². The van der Waals surface area contributed by atoms with E-state index in [9.17, 15) is 35.1 Å². The molecule has 2 aromatic rings. The Hall–Kier alpha value is -2.28. The first-order chi connectivity index (χ1) is 17.9. The Bertz CT molecular complexity index is 1020. The molecule has 4 rings (SSSR count). The van der Waals surface area contributed by atoms with Crippen LogP contribution in [0.3, 0.4) is 0 Å². The lowest BCUT2D eigenvalue weighted by molar-refractivity contribution is -0.141. The van der Waals surface area contributed by atoms with Crippen LogP contribution in [0, 0.1) is 11.6 Å². The Kier molecular flexibility index (Phi) is 10.9. The van der Waals surface area contributed by atoms with Crippen LogP contribution >= 0.6 is 0 Å². The smallest absolute Gasteiger partial charge is 0.373 e. The average Bonchev–Trinajstić information content (AvgIpc) is 2.87. The lowest BCUT2D eigenvalue weighted by atomic mass is 10.1.